The summed E-state index contributed by atoms with van der Waals surface area (Å²) in [6, 6.07) is 0. The average molecular weight is 258 g/mol. The van der Waals surface area contributed by atoms with E-state index in [0.29, 0.717) is 12.5 Å². The van der Waals surface area contributed by atoms with E-state index in [1.54, 1.807) is 10.9 Å². The first kappa shape index (κ1) is 12.6. The van der Waals surface area contributed by atoms with Crippen LogP contribution in [-0.4, -0.2) is 35.7 Å². The molecule has 2 rings (SSSR count). The van der Waals surface area contributed by atoms with Crippen molar-refractivity contribution in [2.24, 2.45) is 5.92 Å². The number of aryl methyl sites for hydroxylation is 1. The smallest absolute Gasteiger partial charge is 0.178 e. The van der Waals surface area contributed by atoms with Crippen molar-refractivity contribution in [3.8, 4) is 0 Å². The minimum absolute atomic E-state index is 0.194. The lowest BCUT2D eigenvalue weighted by atomic mass is 10.0. The topological polar surface area (TPSA) is 72.2 Å². The summed E-state index contributed by atoms with van der Waals surface area (Å²) in [5.74, 6) is 0.334. The van der Waals surface area contributed by atoms with Crippen LogP contribution in [0, 0.1) is 5.92 Å². The summed E-state index contributed by atoms with van der Waals surface area (Å²) in [5.41, 5.74) is 0. The third-order valence-corrected chi connectivity index (χ3v) is 4.45. The molecule has 17 heavy (non-hydrogen) atoms. The SMILES string of the molecule is CS(=O)(=O)c1cnn(CCC2CCCC2O)c1. The van der Waals surface area contributed by atoms with Crippen LogP contribution in [0.2, 0.25) is 0 Å². The monoisotopic (exact) mass is 258 g/mol. The lowest BCUT2D eigenvalue weighted by Crippen LogP contribution is -2.15. The predicted octanol–water partition coefficient (Wildman–Crippen LogP) is 0.838. The van der Waals surface area contributed by atoms with Crippen LogP contribution in [0.1, 0.15) is 25.7 Å². The molecule has 0 amide bonds. The van der Waals surface area contributed by atoms with Crippen LogP contribution in [0.5, 0.6) is 0 Å². The highest BCUT2D eigenvalue weighted by molar-refractivity contribution is 7.90. The van der Waals surface area contributed by atoms with Gasteiger partial charge in [0.25, 0.3) is 0 Å². The van der Waals surface area contributed by atoms with Gasteiger partial charge in [-0.3, -0.25) is 4.68 Å². The molecular weight excluding hydrogens is 240 g/mol. The lowest BCUT2D eigenvalue weighted by molar-refractivity contribution is 0.124. The average Bonchev–Trinajstić information content (AvgIpc) is 2.82. The van der Waals surface area contributed by atoms with Crippen molar-refractivity contribution in [1.29, 1.82) is 0 Å². The van der Waals surface area contributed by atoms with E-state index in [-0.39, 0.29) is 11.0 Å². The summed E-state index contributed by atoms with van der Waals surface area (Å²) < 4.78 is 24.2. The van der Waals surface area contributed by atoms with Gasteiger partial charge in [0.1, 0.15) is 4.90 Å². The van der Waals surface area contributed by atoms with Crippen LogP contribution in [0.15, 0.2) is 17.3 Å². The quantitative estimate of drug-likeness (QED) is 0.868. The normalized spacial score (nSPS) is 25.3. The zero-order valence-corrected chi connectivity index (χ0v) is 10.7. The second-order valence-electron chi connectivity index (χ2n) is 4.76. The zero-order chi connectivity index (χ0) is 12.5. The van der Waals surface area contributed by atoms with Crippen molar-refractivity contribution < 1.29 is 13.5 Å². The molecule has 1 aromatic heterocycles. The van der Waals surface area contributed by atoms with Gasteiger partial charge in [-0.05, 0) is 25.2 Å². The lowest BCUT2D eigenvalue weighted by Gasteiger charge is -2.13. The number of sulfone groups is 1. The maximum absolute atomic E-state index is 11.3. The molecule has 1 aromatic rings. The first-order valence-electron chi connectivity index (χ1n) is 5.87. The molecule has 0 saturated heterocycles. The number of nitrogens with zero attached hydrogens (tertiary/aromatic N) is 2. The molecule has 0 radical (unpaired) electrons. The van der Waals surface area contributed by atoms with Crippen LogP contribution in [0.3, 0.4) is 0 Å². The van der Waals surface area contributed by atoms with Crippen molar-refractivity contribution in [1.82, 2.24) is 9.78 Å². The van der Waals surface area contributed by atoms with E-state index in [1.165, 1.54) is 12.5 Å². The maximum Gasteiger partial charge on any atom is 0.178 e. The summed E-state index contributed by atoms with van der Waals surface area (Å²) in [5, 5.41) is 13.7. The summed E-state index contributed by atoms with van der Waals surface area (Å²) in [4.78, 5) is 0.254. The third kappa shape index (κ3) is 3.07. The first-order valence-corrected chi connectivity index (χ1v) is 7.76. The molecule has 0 spiro atoms. The second kappa shape index (κ2) is 4.78. The van der Waals surface area contributed by atoms with E-state index in [4.69, 9.17) is 0 Å². The number of hydrogen-bond donors (Lipinski definition) is 1. The van der Waals surface area contributed by atoms with Gasteiger partial charge in [-0.25, -0.2) is 8.42 Å². The van der Waals surface area contributed by atoms with Crippen molar-refractivity contribution in [2.75, 3.05) is 6.26 Å². The molecular formula is C11H18N2O3S. The Labute approximate surface area is 101 Å². The number of hydrogen-bond acceptors (Lipinski definition) is 4. The summed E-state index contributed by atoms with van der Waals surface area (Å²) >= 11 is 0. The van der Waals surface area contributed by atoms with Crippen molar-refractivity contribution >= 4 is 9.84 Å². The fraction of sp³-hybridized carbons (Fsp3) is 0.727. The fourth-order valence-corrected chi connectivity index (χ4v) is 2.86. The Balaban J connectivity index is 1.94. The van der Waals surface area contributed by atoms with Gasteiger partial charge in [0, 0.05) is 19.0 Å². The molecule has 1 aliphatic carbocycles. The molecule has 0 bridgehead atoms. The minimum Gasteiger partial charge on any atom is -0.393 e. The van der Waals surface area contributed by atoms with E-state index in [0.717, 1.165) is 25.7 Å². The molecule has 1 aliphatic rings. The minimum atomic E-state index is -3.16. The molecule has 2 atom stereocenters. The van der Waals surface area contributed by atoms with Gasteiger partial charge < -0.3 is 5.11 Å². The van der Waals surface area contributed by atoms with Gasteiger partial charge in [0.2, 0.25) is 0 Å². The van der Waals surface area contributed by atoms with Gasteiger partial charge in [-0.2, -0.15) is 5.10 Å². The first-order chi connectivity index (χ1) is 7.97. The van der Waals surface area contributed by atoms with Gasteiger partial charge in [-0.1, -0.05) is 6.42 Å². The van der Waals surface area contributed by atoms with Crippen LogP contribution in [-0.2, 0) is 16.4 Å². The predicted molar refractivity (Wildman–Crippen MR) is 63.3 cm³/mol. The highest BCUT2D eigenvalue weighted by Crippen LogP contribution is 2.28. The Kier molecular flexibility index (Phi) is 3.53. The Bertz CT molecular complexity index is 481. The Morgan fingerprint density at radius 2 is 2.29 bits per heavy atom. The van der Waals surface area contributed by atoms with Gasteiger partial charge >= 0.3 is 0 Å². The number of aliphatic hydroxyl groups is 1. The summed E-state index contributed by atoms with van der Waals surface area (Å²) in [6.07, 6.45) is 7.79. The molecule has 1 saturated carbocycles. The van der Waals surface area contributed by atoms with E-state index < -0.39 is 9.84 Å². The molecule has 1 heterocycles. The highest BCUT2D eigenvalue weighted by atomic mass is 32.2. The highest BCUT2D eigenvalue weighted by Gasteiger charge is 2.24. The van der Waals surface area contributed by atoms with E-state index >= 15 is 0 Å². The fourth-order valence-electron chi connectivity index (χ4n) is 2.31. The number of aliphatic hydroxyl groups excluding tert-OH is 1. The molecule has 1 fully saturated rings. The van der Waals surface area contributed by atoms with Crippen LogP contribution in [0.4, 0.5) is 0 Å². The van der Waals surface area contributed by atoms with Crippen molar-refractivity contribution in [3.05, 3.63) is 12.4 Å². The maximum atomic E-state index is 11.3. The molecule has 6 heteroatoms. The van der Waals surface area contributed by atoms with Gasteiger partial charge in [0.05, 0.1) is 12.3 Å². The number of rotatable bonds is 4. The molecule has 0 aromatic carbocycles. The molecule has 2 unspecified atom stereocenters. The Hall–Kier alpha value is -0.880. The van der Waals surface area contributed by atoms with Crippen molar-refractivity contribution in [2.45, 2.75) is 43.2 Å². The summed E-state index contributed by atoms with van der Waals surface area (Å²) in [7, 11) is -3.16. The largest absolute Gasteiger partial charge is 0.393 e. The van der Waals surface area contributed by atoms with Crippen LogP contribution in [0.25, 0.3) is 0 Å². The molecule has 1 N–H and O–H groups in total. The Morgan fingerprint density at radius 3 is 2.82 bits per heavy atom. The summed E-state index contributed by atoms with van der Waals surface area (Å²) in [6.45, 7) is 0.664. The van der Waals surface area contributed by atoms with Crippen LogP contribution >= 0.6 is 0 Å². The number of aromatic nitrogens is 2. The van der Waals surface area contributed by atoms with E-state index in [2.05, 4.69) is 5.10 Å². The Morgan fingerprint density at radius 1 is 1.53 bits per heavy atom. The third-order valence-electron chi connectivity index (χ3n) is 3.39. The molecule has 5 nitrogen and oxygen atoms in total. The second-order valence-corrected chi connectivity index (χ2v) is 6.77. The van der Waals surface area contributed by atoms with Crippen LogP contribution < -0.4 is 0 Å². The van der Waals surface area contributed by atoms with E-state index in [9.17, 15) is 13.5 Å². The van der Waals surface area contributed by atoms with Gasteiger partial charge in [-0.15, -0.1) is 0 Å². The van der Waals surface area contributed by atoms with Gasteiger partial charge in [0.15, 0.2) is 9.84 Å². The zero-order valence-electron chi connectivity index (χ0n) is 9.91. The van der Waals surface area contributed by atoms with Crippen molar-refractivity contribution in [3.63, 3.8) is 0 Å². The molecule has 0 aliphatic heterocycles. The molecule has 96 valence electrons. The standard InChI is InChI=1S/C11H18N2O3S/c1-17(15,16)10-7-12-13(8-10)6-5-9-3-2-4-11(9)14/h7-9,11,14H,2-6H2,1H3. The van der Waals surface area contributed by atoms with E-state index in [1.807, 2.05) is 0 Å².